The second-order valence-corrected chi connectivity index (χ2v) is 5.46. The van der Waals surface area contributed by atoms with Crippen LogP contribution in [0.15, 0.2) is 12.3 Å². The molecule has 0 aromatic carbocycles. The molecule has 3 nitrogen and oxygen atoms in total. The van der Waals surface area contributed by atoms with Crippen LogP contribution >= 0.6 is 0 Å². The van der Waals surface area contributed by atoms with Gasteiger partial charge in [0.05, 0.1) is 17.8 Å². The van der Waals surface area contributed by atoms with Gasteiger partial charge < -0.3 is 14.2 Å². The Hall–Kier alpha value is -0.540. The average molecular weight is 228 g/mol. The van der Waals surface area contributed by atoms with Gasteiger partial charge in [-0.2, -0.15) is 0 Å². The van der Waals surface area contributed by atoms with E-state index in [1.165, 1.54) is 0 Å². The molecule has 1 fully saturated rings. The minimum atomic E-state index is -0.198. The van der Waals surface area contributed by atoms with Gasteiger partial charge in [0, 0.05) is 20.3 Å². The first kappa shape index (κ1) is 13.5. The largest absolute Gasteiger partial charge is 0.492 e. The Balaban J connectivity index is 2.72. The molecule has 94 valence electrons. The maximum Gasteiger partial charge on any atom is 0.100 e. The summed E-state index contributed by atoms with van der Waals surface area (Å²) in [6, 6.07) is 0. The van der Waals surface area contributed by atoms with E-state index in [0.29, 0.717) is 6.61 Å². The van der Waals surface area contributed by atoms with E-state index in [9.17, 15) is 0 Å². The van der Waals surface area contributed by atoms with Crippen LogP contribution in [0.1, 0.15) is 33.6 Å². The maximum atomic E-state index is 5.90. The van der Waals surface area contributed by atoms with Gasteiger partial charge >= 0.3 is 0 Å². The number of hydrogen-bond acceptors (Lipinski definition) is 3. The third-order valence-electron chi connectivity index (χ3n) is 2.89. The van der Waals surface area contributed by atoms with Crippen molar-refractivity contribution < 1.29 is 14.2 Å². The fraction of sp³-hybridized carbons (Fsp3) is 0.846. The quantitative estimate of drug-likeness (QED) is 0.692. The van der Waals surface area contributed by atoms with E-state index in [-0.39, 0.29) is 11.0 Å². The molecule has 0 aromatic heterocycles. The number of hydrogen-bond donors (Lipinski definition) is 0. The third kappa shape index (κ3) is 3.49. The monoisotopic (exact) mass is 228 g/mol. The SMILES string of the molecule is C=C(OC(C)(C)C)C1(COC)CCOCC1. The highest BCUT2D eigenvalue weighted by Gasteiger charge is 2.38. The summed E-state index contributed by atoms with van der Waals surface area (Å²) in [5.74, 6) is 0.838. The fourth-order valence-corrected chi connectivity index (χ4v) is 2.02. The van der Waals surface area contributed by atoms with Crippen LogP contribution in [0.2, 0.25) is 0 Å². The van der Waals surface area contributed by atoms with E-state index in [4.69, 9.17) is 14.2 Å². The first-order chi connectivity index (χ1) is 7.40. The van der Waals surface area contributed by atoms with Crippen LogP contribution in [-0.2, 0) is 14.2 Å². The van der Waals surface area contributed by atoms with Crippen molar-refractivity contribution in [3.05, 3.63) is 12.3 Å². The summed E-state index contributed by atoms with van der Waals surface area (Å²) in [4.78, 5) is 0. The van der Waals surface area contributed by atoms with Crippen molar-refractivity contribution in [2.45, 2.75) is 39.2 Å². The average Bonchev–Trinajstić information content (AvgIpc) is 2.17. The van der Waals surface area contributed by atoms with Crippen molar-refractivity contribution in [3.8, 4) is 0 Å². The summed E-state index contributed by atoms with van der Waals surface area (Å²) in [5.41, 5.74) is -0.267. The van der Waals surface area contributed by atoms with E-state index < -0.39 is 0 Å². The van der Waals surface area contributed by atoms with Crippen molar-refractivity contribution in [1.29, 1.82) is 0 Å². The summed E-state index contributed by atoms with van der Waals surface area (Å²) >= 11 is 0. The minimum Gasteiger partial charge on any atom is -0.492 e. The Morgan fingerprint density at radius 1 is 1.31 bits per heavy atom. The molecule has 0 bridgehead atoms. The molecular weight excluding hydrogens is 204 g/mol. The lowest BCUT2D eigenvalue weighted by molar-refractivity contribution is -0.0636. The van der Waals surface area contributed by atoms with Gasteiger partial charge in [0.1, 0.15) is 5.60 Å². The summed E-state index contributed by atoms with van der Waals surface area (Å²) in [6.07, 6.45) is 1.85. The molecule has 3 heteroatoms. The first-order valence-corrected chi connectivity index (χ1v) is 5.85. The highest BCUT2D eigenvalue weighted by atomic mass is 16.5. The molecule has 1 aliphatic rings. The maximum absolute atomic E-state index is 5.90. The summed E-state index contributed by atoms with van der Waals surface area (Å²) in [7, 11) is 1.72. The number of ether oxygens (including phenoxy) is 3. The normalized spacial score (nSPS) is 20.5. The Kier molecular flexibility index (Phi) is 4.39. The molecule has 0 N–H and O–H groups in total. The van der Waals surface area contributed by atoms with Gasteiger partial charge in [0.25, 0.3) is 0 Å². The zero-order valence-corrected chi connectivity index (χ0v) is 11.0. The van der Waals surface area contributed by atoms with Gasteiger partial charge in [-0.25, -0.2) is 0 Å². The second-order valence-electron chi connectivity index (χ2n) is 5.46. The lowest BCUT2D eigenvalue weighted by atomic mass is 9.79. The molecule has 0 unspecified atom stereocenters. The molecule has 0 saturated carbocycles. The molecular formula is C13H24O3. The molecule has 1 heterocycles. The van der Waals surface area contributed by atoms with Crippen molar-refractivity contribution in [2.24, 2.45) is 5.41 Å². The van der Waals surface area contributed by atoms with Crippen LogP contribution in [0.4, 0.5) is 0 Å². The van der Waals surface area contributed by atoms with Crippen molar-refractivity contribution in [1.82, 2.24) is 0 Å². The number of methoxy groups -OCH3 is 1. The standard InChI is InChI=1S/C13H24O3/c1-11(16-12(2,3)4)13(10-14-5)6-8-15-9-7-13/h1,6-10H2,2-5H3. The first-order valence-electron chi connectivity index (χ1n) is 5.85. The van der Waals surface area contributed by atoms with E-state index >= 15 is 0 Å². The second kappa shape index (κ2) is 5.19. The summed E-state index contributed by atoms with van der Waals surface area (Å²) in [5, 5.41) is 0. The van der Waals surface area contributed by atoms with Gasteiger partial charge in [-0.3, -0.25) is 0 Å². The van der Waals surface area contributed by atoms with Gasteiger partial charge in [0.15, 0.2) is 0 Å². The van der Waals surface area contributed by atoms with Crippen molar-refractivity contribution >= 4 is 0 Å². The molecule has 0 aromatic rings. The molecule has 1 saturated heterocycles. The molecule has 16 heavy (non-hydrogen) atoms. The molecule has 0 aliphatic carbocycles. The van der Waals surface area contributed by atoms with Crippen LogP contribution in [0.25, 0.3) is 0 Å². The Labute approximate surface area is 98.8 Å². The van der Waals surface area contributed by atoms with Gasteiger partial charge in [-0.05, 0) is 33.6 Å². The Bertz CT molecular complexity index is 229. The highest BCUT2D eigenvalue weighted by Crippen LogP contribution is 2.39. The third-order valence-corrected chi connectivity index (χ3v) is 2.89. The summed E-state index contributed by atoms with van der Waals surface area (Å²) < 4.78 is 16.6. The van der Waals surface area contributed by atoms with Crippen LogP contribution < -0.4 is 0 Å². The van der Waals surface area contributed by atoms with Gasteiger partial charge in [-0.15, -0.1) is 0 Å². The topological polar surface area (TPSA) is 27.7 Å². The Morgan fingerprint density at radius 3 is 2.31 bits per heavy atom. The minimum absolute atomic E-state index is 0.0692. The van der Waals surface area contributed by atoms with E-state index in [2.05, 4.69) is 6.58 Å². The molecule has 1 rings (SSSR count). The zero-order chi connectivity index (χ0) is 12.2. The highest BCUT2D eigenvalue weighted by molar-refractivity contribution is 5.06. The van der Waals surface area contributed by atoms with E-state index in [1.807, 2.05) is 20.8 Å². The van der Waals surface area contributed by atoms with Gasteiger partial charge in [0.2, 0.25) is 0 Å². The van der Waals surface area contributed by atoms with Crippen LogP contribution in [0.3, 0.4) is 0 Å². The molecule has 0 amide bonds. The van der Waals surface area contributed by atoms with Crippen LogP contribution in [-0.4, -0.2) is 32.5 Å². The van der Waals surface area contributed by atoms with Crippen molar-refractivity contribution in [2.75, 3.05) is 26.9 Å². The molecule has 0 radical (unpaired) electrons. The lowest BCUT2D eigenvalue weighted by Gasteiger charge is -2.40. The Morgan fingerprint density at radius 2 is 1.88 bits per heavy atom. The lowest BCUT2D eigenvalue weighted by Crippen LogP contribution is -2.38. The summed E-state index contributed by atoms with van der Waals surface area (Å²) in [6.45, 7) is 12.4. The van der Waals surface area contributed by atoms with Crippen LogP contribution in [0, 0.1) is 5.41 Å². The van der Waals surface area contributed by atoms with Gasteiger partial charge in [-0.1, -0.05) is 6.58 Å². The zero-order valence-electron chi connectivity index (χ0n) is 11.0. The predicted molar refractivity (Wildman–Crippen MR) is 64.3 cm³/mol. The molecule has 0 spiro atoms. The van der Waals surface area contributed by atoms with Crippen molar-refractivity contribution in [3.63, 3.8) is 0 Å². The van der Waals surface area contributed by atoms with E-state index in [1.54, 1.807) is 7.11 Å². The molecule has 1 aliphatic heterocycles. The van der Waals surface area contributed by atoms with Crippen LogP contribution in [0.5, 0.6) is 0 Å². The molecule has 0 atom stereocenters. The smallest absolute Gasteiger partial charge is 0.100 e. The fourth-order valence-electron chi connectivity index (χ4n) is 2.02. The van der Waals surface area contributed by atoms with E-state index in [0.717, 1.165) is 31.8 Å². The number of rotatable bonds is 4. The predicted octanol–water partition coefficient (Wildman–Crippen LogP) is 2.76.